The normalized spacial score (nSPS) is 14.2. The van der Waals surface area contributed by atoms with Crippen LogP contribution in [-0.4, -0.2) is 41.1 Å². The van der Waals surface area contributed by atoms with Crippen molar-refractivity contribution in [1.82, 2.24) is 15.0 Å². The van der Waals surface area contributed by atoms with Crippen molar-refractivity contribution in [2.45, 2.75) is 6.92 Å². The van der Waals surface area contributed by atoms with E-state index >= 15 is 0 Å². The van der Waals surface area contributed by atoms with E-state index in [-0.39, 0.29) is 5.82 Å². The van der Waals surface area contributed by atoms with Crippen molar-refractivity contribution >= 4 is 28.8 Å². The van der Waals surface area contributed by atoms with Gasteiger partial charge in [0.2, 0.25) is 0 Å². The highest BCUT2D eigenvalue weighted by atomic mass is 19.1. The fourth-order valence-corrected chi connectivity index (χ4v) is 3.33. The van der Waals surface area contributed by atoms with Crippen molar-refractivity contribution in [3.8, 4) is 0 Å². The molecule has 1 saturated heterocycles. The quantitative estimate of drug-likeness (QED) is 0.721. The first-order valence-electron chi connectivity index (χ1n) is 9.17. The first-order valence-corrected chi connectivity index (χ1v) is 9.17. The van der Waals surface area contributed by atoms with Gasteiger partial charge in [0.25, 0.3) is 0 Å². The van der Waals surface area contributed by atoms with Crippen LogP contribution in [0.1, 0.15) is 5.56 Å². The number of aromatic nitrogens is 3. The van der Waals surface area contributed by atoms with E-state index < -0.39 is 0 Å². The van der Waals surface area contributed by atoms with Gasteiger partial charge < -0.3 is 20.9 Å². The Hall–Kier alpha value is -3.42. The topological polar surface area (TPSA) is 83.2 Å². The zero-order valence-corrected chi connectivity index (χ0v) is 15.6. The maximum Gasteiger partial charge on any atom is 0.160 e. The minimum Gasteiger partial charge on any atom is -0.393 e. The van der Waals surface area contributed by atoms with Gasteiger partial charge in [-0.15, -0.1) is 0 Å². The van der Waals surface area contributed by atoms with Crippen LogP contribution in [0.15, 0.2) is 48.9 Å². The van der Waals surface area contributed by atoms with Gasteiger partial charge in [0, 0.05) is 32.4 Å². The molecule has 144 valence electrons. The zero-order valence-electron chi connectivity index (χ0n) is 15.6. The highest BCUT2D eigenvalue weighted by Gasteiger charge is 2.23. The largest absolute Gasteiger partial charge is 0.393 e. The summed E-state index contributed by atoms with van der Waals surface area (Å²) < 4.78 is 14.0. The van der Waals surface area contributed by atoms with E-state index in [1.807, 2.05) is 30.0 Å². The molecule has 0 radical (unpaired) electrons. The molecule has 4 rings (SSSR count). The Morgan fingerprint density at radius 1 is 0.929 bits per heavy atom. The average molecular weight is 379 g/mol. The maximum atomic E-state index is 14.0. The molecule has 0 bridgehead atoms. The fraction of sp³-hybridized carbons (Fsp3) is 0.250. The Kier molecular flexibility index (Phi) is 4.92. The number of halogens is 1. The number of aryl methyl sites for hydroxylation is 1. The zero-order chi connectivity index (χ0) is 19.5. The molecule has 0 saturated carbocycles. The molecular weight excluding hydrogens is 357 g/mol. The molecule has 1 aromatic carbocycles. The SMILES string of the molecule is Cc1cccnc1Nc1ncnc(N2CCN(c3ccccc3F)CC2)c1N. The summed E-state index contributed by atoms with van der Waals surface area (Å²) in [7, 11) is 0. The second kappa shape index (κ2) is 7.67. The standard InChI is InChI=1S/C20H22FN7/c1-14-5-4-8-23-18(14)26-19-17(22)20(25-13-24-19)28-11-9-27(10-12-28)16-7-3-2-6-15(16)21/h2-8,13H,9-12,22H2,1H3,(H,23,24,25,26). The van der Waals surface area contributed by atoms with Crippen LogP contribution in [0.2, 0.25) is 0 Å². The number of hydrogen-bond donors (Lipinski definition) is 2. The van der Waals surface area contributed by atoms with E-state index in [9.17, 15) is 4.39 Å². The van der Waals surface area contributed by atoms with Crippen molar-refractivity contribution in [2.24, 2.45) is 0 Å². The number of para-hydroxylation sites is 1. The Morgan fingerprint density at radius 2 is 1.68 bits per heavy atom. The molecule has 0 unspecified atom stereocenters. The Bertz CT molecular complexity index is 970. The Balaban J connectivity index is 1.50. The lowest BCUT2D eigenvalue weighted by molar-refractivity contribution is 0.596. The minimum absolute atomic E-state index is 0.199. The van der Waals surface area contributed by atoms with Gasteiger partial charge in [-0.2, -0.15) is 0 Å². The van der Waals surface area contributed by atoms with Crippen molar-refractivity contribution < 1.29 is 4.39 Å². The van der Waals surface area contributed by atoms with Crippen molar-refractivity contribution in [1.29, 1.82) is 0 Å². The molecule has 1 fully saturated rings. The predicted octanol–water partition coefficient (Wildman–Crippen LogP) is 2.97. The van der Waals surface area contributed by atoms with Crippen LogP contribution in [0.5, 0.6) is 0 Å². The number of hydrogen-bond acceptors (Lipinski definition) is 7. The first-order chi connectivity index (χ1) is 13.6. The third kappa shape index (κ3) is 3.53. The smallest absolute Gasteiger partial charge is 0.160 e. The van der Waals surface area contributed by atoms with Crippen LogP contribution >= 0.6 is 0 Å². The Morgan fingerprint density at radius 3 is 2.43 bits per heavy atom. The second-order valence-corrected chi connectivity index (χ2v) is 6.68. The third-order valence-corrected chi connectivity index (χ3v) is 4.88. The first kappa shape index (κ1) is 18.0. The number of anilines is 5. The van der Waals surface area contributed by atoms with Gasteiger partial charge in [-0.25, -0.2) is 19.3 Å². The monoisotopic (exact) mass is 379 g/mol. The van der Waals surface area contributed by atoms with Gasteiger partial charge in [0.05, 0.1) is 5.69 Å². The van der Waals surface area contributed by atoms with E-state index in [4.69, 9.17) is 5.73 Å². The molecule has 8 heteroatoms. The number of benzene rings is 1. The van der Waals surface area contributed by atoms with Gasteiger partial charge in [-0.05, 0) is 30.7 Å². The van der Waals surface area contributed by atoms with E-state index in [0.717, 1.165) is 5.56 Å². The minimum atomic E-state index is -0.199. The molecule has 2 aromatic heterocycles. The maximum absolute atomic E-state index is 14.0. The fourth-order valence-electron chi connectivity index (χ4n) is 3.33. The molecule has 1 aliphatic heterocycles. The molecular formula is C20H22FN7. The lowest BCUT2D eigenvalue weighted by atomic mass is 10.2. The van der Waals surface area contributed by atoms with E-state index in [0.29, 0.717) is 55.0 Å². The highest BCUT2D eigenvalue weighted by molar-refractivity contribution is 5.78. The summed E-state index contributed by atoms with van der Waals surface area (Å²) in [5.41, 5.74) is 8.46. The van der Waals surface area contributed by atoms with Crippen LogP contribution in [0, 0.1) is 12.7 Å². The summed E-state index contributed by atoms with van der Waals surface area (Å²) in [6, 6.07) is 10.7. The second-order valence-electron chi connectivity index (χ2n) is 6.68. The number of piperazine rings is 1. The number of nitrogens with zero attached hydrogens (tertiary/aromatic N) is 5. The molecule has 3 aromatic rings. The van der Waals surface area contributed by atoms with Crippen molar-refractivity contribution in [2.75, 3.05) is 47.0 Å². The summed E-state index contributed by atoms with van der Waals surface area (Å²) in [4.78, 5) is 17.1. The lowest BCUT2D eigenvalue weighted by Gasteiger charge is -2.37. The van der Waals surface area contributed by atoms with Crippen LogP contribution in [0.3, 0.4) is 0 Å². The molecule has 0 amide bonds. The lowest BCUT2D eigenvalue weighted by Crippen LogP contribution is -2.47. The highest BCUT2D eigenvalue weighted by Crippen LogP contribution is 2.30. The molecule has 3 heterocycles. The van der Waals surface area contributed by atoms with Gasteiger partial charge in [0.1, 0.15) is 23.6 Å². The van der Waals surface area contributed by atoms with Crippen LogP contribution in [0.4, 0.5) is 33.2 Å². The molecule has 0 spiro atoms. The van der Waals surface area contributed by atoms with Gasteiger partial charge in [-0.1, -0.05) is 18.2 Å². The summed E-state index contributed by atoms with van der Waals surface area (Å²) in [6.07, 6.45) is 3.21. The van der Waals surface area contributed by atoms with Crippen LogP contribution in [0.25, 0.3) is 0 Å². The molecule has 1 aliphatic rings. The van der Waals surface area contributed by atoms with Crippen molar-refractivity contribution in [3.63, 3.8) is 0 Å². The van der Waals surface area contributed by atoms with E-state index in [2.05, 4.69) is 25.2 Å². The van der Waals surface area contributed by atoms with Gasteiger partial charge >= 0.3 is 0 Å². The molecule has 0 atom stereocenters. The van der Waals surface area contributed by atoms with E-state index in [1.54, 1.807) is 18.3 Å². The van der Waals surface area contributed by atoms with Gasteiger partial charge in [-0.3, -0.25) is 0 Å². The number of nitrogens with one attached hydrogen (secondary N) is 1. The van der Waals surface area contributed by atoms with Crippen molar-refractivity contribution in [3.05, 3.63) is 60.3 Å². The summed E-state index contributed by atoms with van der Waals surface area (Å²) >= 11 is 0. The number of nitrogens with two attached hydrogens (primary N) is 1. The molecule has 28 heavy (non-hydrogen) atoms. The summed E-state index contributed by atoms with van der Waals surface area (Å²) in [5, 5.41) is 3.19. The number of nitrogen functional groups attached to an aromatic ring is 1. The molecule has 0 aliphatic carbocycles. The molecule has 7 nitrogen and oxygen atoms in total. The predicted molar refractivity (Wildman–Crippen MR) is 110 cm³/mol. The van der Waals surface area contributed by atoms with Crippen LogP contribution < -0.4 is 20.9 Å². The average Bonchev–Trinajstić information content (AvgIpc) is 2.72. The summed E-state index contributed by atoms with van der Waals surface area (Å²) in [5.74, 6) is 1.72. The number of pyridine rings is 1. The van der Waals surface area contributed by atoms with E-state index in [1.165, 1.54) is 12.4 Å². The number of rotatable bonds is 4. The van der Waals surface area contributed by atoms with Gasteiger partial charge in [0.15, 0.2) is 11.6 Å². The van der Waals surface area contributed by atoms with Crippen LogP contribution in [-0.2, 0) is 0 Å². The molecule has 3 N–H and O–H groups in total. The summed E-state index contributed by atoms with van der Waals surface area (Å²) in [6.45, 7) is 4.73. The third-order valence-electron chi connectivity index (χ3n) is 4.88. The Labute approximate surface area is 163 Å².